The Morgan fingerprint density at radius 3 is 2.36 bits per heavy atom. The Kier molecular flexibility index (Phi) is 5.26. The van der Waals surface area contributed by atoms with Crippen LogP contribution in [0, 0.1) is 0 Å². The highest BCUT2D eigenvalue weighted by Crippen LogP contribution is 2.35. The van der Waals surface area contributed by atoms with Gasteiger partial charge in [-0.3, -0.25) is 9.69 Å². The number of nitrogens with zero attached hydrogens (tertiary/aromatic N) is 1. The number of ether oxygens (including phenoxy) is 2. The molecule has 0 radical (unpaired) electrons. The van der Waals surface area contributed by atoms with E-state index in [4.69, 9.17) is 33.3 Å². The molecule has 2 rings (SSSR count). The molecule has 5 nitrogen and oxygen atoms in total. The summed E-state index contributed by atoms with van der Waals surface area (Å²) < 4.78 is 11.1. The second-order valence-electron chi connectivity index (χ2n) is 4.54. The van der Waals surface area contributed by atoms with Crippen LogP contribution >= 0.6 is 23.8 Å². The predicted octanol–water partition coefficient (Wildman–Crippen LogP) is 2.82. The maximum Gasteiger partial charge on any atom is 0.276 e. The summed E-state index contributed by atoms with van der Waals surface area (Å²) in [5.41, 5.74) is 1.03. The lowest BCUT2D eigenvalue weighted by atomic mass is 10.1. The van der Waals surface area contributed by atoms with E-state index in [1.807, 2.05) is 13.8 Å². The van der Waals surface area contributed by atoms with E-state index in [9.17, 15) is 4.79 Å². The Morgan fingerprint density at radius 1 is 1.27 bits per heavy atom. The fourth-order valence-corrected chi connectivity index (χ4v) is 2.38. The van der Waals surface area contributed by atoms with Gasteiger partial charge in [-0.25, -0.2) is 0 Å². The van der Waals surface area contributed by atoms with Crippen LogP contribution in [0.4, 0.5) is 0 Å². The highest BCUT2D eigenvalue weighted by Gasteiger charge is 2.27. The van der Waals surface area contributed by atoms with Gasteiger partial charge in [-0.1, -0.05) is 11.6 Å². The monoisotopic (exact) mass is 340 g/mol. The maximum atomic E-state index is 12.0. The molecule has 1 aromatic carbocycles. The van der Waals surface area contributed by atoms with Gasteiger partial charge in [-0.15, -0.1) is 0 Å². The zero-order valence-corrected chi connectivity index (χ0v) is 14.2. The third kappa shape index (κ3) is 3.34. The van der Waals surface area contributed by atoms with E-state index in [-0.39, 0.29) is 5.91 Å². The number of thiocarbonyl (C=S) groups is 1. The molecule has 1 aromatic rings. The van der Waals surface area contributed by atoms with E-state index in [2.05, 4.69) is 5.32 Å². The van der Waals surface area contributed by atoms with E-state index in [0.717, 1.165) is 0 Å². The summed E-state index contributed by atoms with van der Waals surface area (Å²) in [4.78, 5) is 13.4. The van der Waals surface area contributed by atoms with Crippen LogP contribution in [0.3, 0.4) is 0 Å². The lowest BCUT2D eigenvalue weighted by Crippen LogP contribution is -2.25. The molecule has 0 saturated carbocycles. The van der Waals surface area contributed by atoms with E-state index in [1.165, 1.54) is 4.90 Å². The van der Waals surface area contributed by atoms with Crippen LogP contribution < -0.4 is 14.8 Å². The summed E-state index contributed by atoms with van der Waals surface area (Å²) in [5, 5.41) is 3.69. The van der Waals surface area contributed by atoms with Crippen LogP contribution in [0.1, 0.15) is 19.4 Å². The molecule has 0 unspecified atom stereocenters. The van der Waals surface area contributed by atoms with Crippen molar-refractivity contribution in [1.29, 1.82) is 0 Å². The number of hydrogen-bond donors (Lipinski definition) is 1. The maximum absolute atomic E-state index is 12.0. The number of halogens is 1. The number of carbonyl (C=O) groups is 1. The largest absolute Gasteiger partial charge is 0.490 e. The molecular formula is C15H17ClN2O3S. The molecule has 22 heavy (non-hydrogen) atoms. The van der Waals surface area contributed by atoms with Crippen molar-refractivity contribution in [3.8, 4) is 11.5 Å². The van der Waals surface area contributed by atoms with E-state index in [1.54, 1.807) is 25.3 Å². The SMILES string of the molecule is CCOc1cc(Cl)c(/C=C2/NC(=S)N(C)C2=O)cc1OCC. The van der Waals surface area contributed by atoms with E-state index in [0.29, 0.717) is 46.1 Å². The predicted molar refractivity (Wildman–Crippen MR) is 90.3 cm³/mol. The van der Waals surface area contributed by atoms with Gasteiger partial charge >= 0.3 is 0 Å². The van der Waals surface area contributed by atoms with Gasteiger partial charge in [0.05, 0.1) is 18.2 Å². The van der Waals surface area contributed by atoms with Gasteiger partial charge in [-0.2, -0.15) is 0 Å². The molecule has 1 aliphatic heterocycles. The molecule has 0 spiro atoms. The van der Waals surface area contributed by atoms with Crippen LogP contribution in [-0.4, -0.2) is 36.2 Å². The molecule has 1 aliphatic rings. The summed E-state index contributed by atoms with van der Waals surface area (Å²) in [6, 6.07) is 3.43. The van der Waals surface area contributed by atoms with Gasteiger partial charge in [0.25, 0.3) is 5.91 Å². The minimum atomic E-state index is -0.201. The second-order valence-corrected chi connectivity index (χ2v) is 5.33. The number of nitrogens with one attached hydrogen (secondary N) is 1. The van der Waals surface area contributed by atoms with Crippen molar-refractivity contribution in [2.24, 2.45) is 0 Å². The molecule has 1 saturated heterocycles. The quantitative estimate of drug-likeness (QED) is 0.660. The zero-order valence-electron chi connectivity index (χ0n) is 12.6. The highest BCUT2D eigenvalue weighted by atomic mass is 35.5. The van der Waals surface area contributed by atoms with Gasteiger partial charge in [0.15, 0.2) is 16.6 Å². The fourth-order valence-electron chi connectivity index (χ4n) is 1.98. The first kappa shape index (κ1) is 16.6. The molecule has 1 fully saturated rings. The average molecular weight is 341 g/mol. The minimum Gasteiger partial charge on any atom is -0.490 e. The van der Waals surface area contributed by atoms with Crippen LogP contribution in [0.15, 0.2) is 17.8 Å². The van der Waals surface area contributed by atoms with Crippen molar-refractivity contribution in [3.63, 3.8) is 0 Å². The molecule has 0 aliphatic carbocycles. The summed E-state index contributed by atoms with van der Waals surface area (Å²) in [5.74, 6) is 0.963. The second kappa shape index (κ2) is 6.98. The van der Waals surface area contributed by atoms with Crippen LogP contribution in [0.5, 0.6) is 11.5 Å². The lowest BCUT2D eigenvalue weighted by Gasteiger charge is -2.13. The van der Waals surface area contributed by atoms with Crippen molar-refractivity contribution >= 4 is 40.9 Å². The first-order valence-corrected chi connectivity index (χ1v) is 7.66. The number of carbonyl (C=O) groups excluding carboxylic acids is 1. The van der Waals surface area contributed by atoms with Crippen molar-refractivity contribution < 1.29 is 14.3 Å². The normalized spacial score (nSPS) is 16.2. The van der Waals surface area contributed by atoms with Crippen molar-refractivity contribution in [2.75, 3.05) is 20.3 Å². The Morgan fingerprint density at radius 2 is 1.86 bits per heavy atom. The van der Waals surface area contributed by atoms with Gasteiger partial charge in [0.1, 0.15) is 5.70 Å². The Balaban J connectivity index is 2.41. The van der Waals surface area contributed by atoms with Crippen LogP contribution in [-0.2, 0) is 4.79 Å². The molecule has 0 bridgehead atoms. The van der Waals surface area contributed by atoms with Crippen molar-refractivity contribution in [3.05, 3.63) is 28.4 Å². The van der Waals surface area contributed by atoms with E-state index >= 15 is 0 Å². The first-order chi connectivity index (χ1) is 10.5. The Labute approximate surface area is 139 Å². The molecular weight excluding hydrogens is 324 g/mol. The minimum absolute atomic E-state index is 0.201. The Hall–Kier alpha value is -1.79. The smallest absolute Gasteiger partial charge is 0.276 e. The summed E-state index contributed by atoms with van der Waals surface area (Å²) in [7, 11) is 1.62. The number of benzene rings is 1. The highest BCUT2D eigenvalue weighted by molar-refractivity contribution is 7.80. The van der Waals surface area contributed by atoms with Gasteiger partial charge in [0.2, 0.25) is 0 Å². The average Bonchev–Trinajstić information content (AvgIpc) is 2.71. The van der Waals surface area contributed by atoms with Crippen molar-refractivity contribution in [2.45, 2.75) is 13.8 Å². The zero-order chi connectivity index (χ0) is 16.3. The number of likely N-dealkylation sites (N-methyl/N-ethyl adjacent to an activating group) is 1. The molecule has 1 N–H and O–H groups in total. The van der Waals surface area contributed by atoms with E-state index < -0.39 is 0 Å². The molecule has 7 heteroatoms. The molecule has 0 aromatic heterocycles. The standard InChI is InChI=1S/C15H17ClN2O3S/c1-4-20-12-7-9(10(16)8-13(12)21-5-2)6-11-14(19)18(3)15(22)17-11/h6-8H,4-5H2,1-3H3,(H,17,22)/b11-6+. The number of amides is 1. The van der Waals surface area contributed by atoms with Gasteiger partial charge in [-0.05, 0) is 43.8 Å². The van der Waals surface area contributed by atoms with Gasteiger partial charge < -0.3 is 14.8 Å². The fraction of sp³-hybridized carbons (Fsp3) is 0.333. The number of rotatable bonds is 5. The van der Waals surface area contributed by atoms with Crippen LogP contribution in [0.25, 0.3) is 6.08 Å². The third-order valence-electron chi connectivity index (χ3n) is 3.04. The Bertz CT molecular complexity index is 646. The lowest BCUT2D eigenvalue weighted by molar-refractivity contribution is -0.121. The number of hydrogen-bond acceptors (Lipinski definition) is 4. The topological polar surface area (TPSA) is 50.8 Å². The molecule has 1 heterocycles. The summed E-state index contributed by atoms with van der Waals surface area (Å²) in [6.07, 6.45) is 1.65. The van der Waals surface area contributed by atoms with Crippen LogP contribution in [0.2, 0.25) is 5.02 Å². The summed E-state index contributed by atoms with van der Waals surface area (Å²) >= 11 is 11.3. The first-order valence-electron chi connectivity index (χ1n) is 6.87. The summed E-state index contributed by atoms with van der Waals surface area (Å²) in [6.45, 7) is 4.78. The molecule has 0 atom stereocenters. The molecule has 118 valence electrons. The van der Waals surface area contributed by atoms with Crippen molar-refractivity contribution in [1.82, 2.24) is 10.2 Å². The van der Waals surface area contributed by atoms with Gasteiger partial charge in [0, 0.05) is 13.1 Å². The third-order valence-corrected chi connectivity index (χ3v) is 3.75. The molecule has 1 amide bonds.